The Morgan fingerprint density at radius 1 is 0.944 bits per heavy atom. The van der Waals surface area contributed by atoms with Crippen LogP contribution in [0.2, 0.25) is 0 Å². The van der Waals surface area contributed by atoms with Crippen molar-refractivity contribution in [1.29, 1.82) is 0 Å². The number of carboxylic acids is 1. The van der Waals surface area contributed by atoms with Gasteiger partial charge in [-0.05, 0) is 62.1 Å². The number of amides is 1. The molecule has 2 N–H and O–H groups in total. The first-order valence-electron chi connectivity index (χ1n) is 11.3. The Bertz CT molecular complexity index is 1310. The fourth-order valence-electron chi connectivity index (χ4n) is 3.23. The zero-order valence-electron chi connectivity index (χ0n) is 20.3. The summed E-state index contributed by atoms with van der Waals surface area (Å²) >= 11 is 0. The molecule has 0 fully saturated rings. The monoisotopic (exact) mass is 492 g/mol. The van der Waals surface area contributed by atoms with Crippen LogP contribution in [0.4, 0.5) is 10.5 Å². The predicted molar refractivity (Wildman–Crippen MR) is 133 cm³/mol. The molecule has 0 radical (unpaired) electrons. The van der Waals surface area contributed by atoms with Gasteiger partial charge in [-0.3, -0.25) is 19.7 Å². The molecule has 0 bridgehead atoms. The molecule has 9 heteroatoms. The van der Waals surface area contributed by atoms with Crippen LogP contribution >= 0.6 is 0 Å². The van der Waals surface area contributed by atoms with Gasteiger partial charge in [0, 0.05) is 6.20 Å². The van der Waals surface area contributed by atoms with Crippen LogP contribution in [0.3, 0.4) is 0 Å². The van der Waals surface area contributed by atoms with Gasteiger partial charge in [0.15, 0.2) is 0 Å². The van der Waals surface area contributed by atoms with Crippen LogP contribution in [-0.2, 0) is 33.9 Å². The summed E-state index contributed by atoms with van der Waals surface area (Å²) in [6.45, 7) is 4.69. The molecule has 0 aliphatic rings. The minimum atomic E-state index is -1.21. The minimum Gasteiger partial charge on any atom is -0.480 e. The maximum atomic E-state index is 12.8. The van der Waals surface area contributed by atoms with Crippen LogP contribution in [0.5, 0.6) is 5.75 Å². The average Bonchev–Trinajstić information content (AvgIpc) is 2.80. The number of nitrogens with zero attached hydrogens (tertiary/aromatic N) is 1. The first-order valence-corrected chi connectivity index (χ1v) is 11.3. The lowest BCUT2D eigenvalue weighted by Crippen LogP contribution is -2.29. The second-order valence-corrected chi connectivity index (χ2v) is 9.24. The number of aliphatic carboxylic acids is 1. The predicted octanol–water partition coefficient (Wildman–Crippen LogP) is 4.22. The van der Waals surface area contributed by atoms with E-state index in [-0.39, 0.29) is 24.7 Å². The minimum absolute atomic E-state index is 0.00968. The van der Waals surface area contributed by atoms with E-state index in [4.69, 9.17) is 9.47 Å². The molecule has 0 spiro atoms. The number of nitrogens with one attached hydrogen (secondary N) is 1. The van der Waals surface area contributed by atoms with Gasteiger partial charge in [-0.1, -0.05) is 42.5 Å². The molecular weight excluding hydrogens is 464 g/mol. The summed E-state index contributed by atoms with van der Waals surface area (Å²) in [5.41, 5.74) is 0.642. The number of carbonyl (C=O) groups excluding carboxylic acids is 2. The van der Waals surface area contributed by atoms with E-state index in [0.29, 0.717) is 11.3 Å². The smallest absolute Gasteiger partial charge is 0.412 e. The van der Waals surface area contributed by atoms with Crippen molar-refractivity contribution >= 4 is 23.7 Å². The second-order valence-electron chi connectivity index (χ2n) is 9.24. The van der Waals surface area contributed by atoms with Gasteiger partial charge in [-0.25, -0.2) is 4.79 Å². The molecule has 0 aliphatic carbocycles. The van der Waals surface area contributed by atoms with Crippen molar-refractivity contribution in [3.63, 3.8) is 0 Å². The average molecular weight is 493 g/mol. The number of ether oxygens (including phenoxy) is 2. The van der Waals surface area contributed by atoms with Crippen LogP contribution in [0.25, 0.3) is 0 Å². The molecule has 9 nitrogen and oxygen atoms in total. The van der Waals surface area contributed by atoms with Gasteiger partial charge in [-0.2, -0.15) is 0 Å². The molecule has 3 aromatic rings. The quantitative estimate of drug-likeness (QED) is 0.356. The van der Waals surface area contributed by atoms with Crippen molar-refractivity contribution in [3.05, 3.63) is 93.9 Å². The van der Waals surface area contributed by atoms with Crippen molar-refractivity contribution in [3.8, 4) is 5.75 Å². The number of anilines is 1. The highest BCUT2D eigenvalue weighted by Gasteiger charge is 2.23. The second kappa shape index (κ2) is 11.4. The summed E-state index contributed by atoms with van der Waals surface area (Å²) in [5, 5.41) is 11.6. The lowest BCUT2D eigenvalue weighted by Gasteiger charge is -2.16. The molecule has 0 unspecified atom stereocenters. The third-order valence-electron chi connectivity index (χ3n) is 5.03. The lowest BCUT2D eigenvalue weighted by molar-refractivity contribution is -0.143. The largest absolute Gasteiger partial charge is 0.480 e. The van der Waals surface area contributed by atoms with Gasteiger partial charge in [0.25, 0.3) is 5.56 Å². The third kappa shape index (κ3) is 7.56. The molecular formula is C27H28N2O7. The van der Waals surface area contributed by atoms with Crippen molar-refractivity contribution < 1.29 is 29.0 Å². The Labute approximate surface area is 208 Å². The standard InChI is InChI=1S/C27H28N2O7/c1-27(2,3)25(33)36-21-11-7-10-19(13-21)12-20-14-22(24(32)29(15-20)16-23(30)31)28-26(34)35-17-18-8-5-4-6-9-18/h4-11,13-15H,12,16-17H2,1-3H3,(H,28,34)(H,30,31). The zero-order chi connectivity index (χ0) is 26.3. The Hall–Kier alpha value is -4.40. The number of benzene rings is 2. The van der Waals surface area contributed by atoms with Crippen LogP contribution < -0.4 is 15.6 Å². The highest BCUT2D eigenvalue weighted by Crippen LogP contribution is 2.22. The number of hydrogen-bond donors (Lipinski definition) is 2. The van der Waals surface area contributed by atoms with Gasteiger partial charge in [0.1, 0.15) is 24.6 Å². The third-order valence-corrected chi connectivity index (χ3v) is 5.03. The summed E-state index contributed by atoms with van der Waals surface area (Å²) in [7, 11) is 0. The van der Waals surface area contributed by atoms with Crippen molar-refractivity contribution in [2.24, 2.45) is 5.41 Å². The number of hydrogen-bond acceptors (Lipinski definition) is 6. The molecule has 0 saturated carbocycles. The van der Waals surface area contributed by atoms with Crippen molar-refractivity contribution in [2.75, 3.05) is 5.32 Å². The van der Waals surface area contributed by atoms with E-state index in [1.807, 2.05) is 24.3 Å². The molecule has 3 rings (SSSR count). The topological polar surface area (TPSA) is 124 Å². The van der Waals surface area contributed by atoms with Crippen LogP contribution in [0.1, 0.15) is 37.5 Å². The van der Waals surface area contributed by atoms with E-state index in [2.05, 4.69) is 5.32 Å². The fourth-order valence-corrected chi connectivity index (χ4v) is 3.23. The number of pyridine rings is 1. The molecule has 0 atom stereocenters. The summed E-state index contributed by atoms with van der Waals surface area (Å²) in [4.78, 5) is 48.6. The maximum absolute atomic E-state index is 12.8. The van der Waals surface area contributed by atoms with Gasteiger partial charge >= 0.3 is 18.0 Å². The van der Waals surface area contributed by atoms with Crippen molar-refractivity contribution in [2.45, 2.75) is 40.3 Å². The molecule has 1 aromatic heterocycles. The summed E-state index contributed by atoms with van der Waals surface area (Å²) in [6, 6.07) is 17.4. The molecule has 1 heterocycles. The Morgan fingerprint density at radius 3 is 2.31 bits per heavy atom. The number of esters is 1. The zero-order valence-corrected chi connectivity index (χ0v) is 20.3. The number of rotatable bonds is 8. The van der Waals surface area contributed by atoms with E-state index < -0.39 is 29.6 Å². The Kier molecular flexibility index (Phi) is 8.26. The molecule has 2 aromatic carbocycles. The van der Waals surface area contributed by atoms with Crippen LogP contribution in [0, 0.1) is 5.41 Å². The Balaban J connectivity index is 1.81. The summed E-state index contributed by atoms with van der Waals surface area (Å²) in [6.07, 6.45) is 0.866. The van der Waals surface area contributed by atoms with E-state index >= 15 is 0 Å². The van der Waals surface area contributed by atoms with Crippen LogP contribution in [0.15, 0.2) is 71.7 Å². The van der Waals surface area contributed by atoms with Gasteiger partial charge in [-0.15, -0.1) is 0 Å². The van der Waals surface area contributed by atoms with E-state index in [1.54, 1.807) is 51.1 Å². The van der Waals surface area contributed by atoms with Gasteiger partial charge in [0.05, 0.1) is 5.41 Å². The molecule has 0 saturated heterocycles. The summed E-state index contributed by atoms with van der Waals surface area (Å²) < 4.78 is 11.6. The number of carboxylic acid groups (broad SMARTS) is 1. The van der Waals surface area contributed by atoms with Crippen LogP contribution in [-0.4, -0.2) is 27.7 Å². The van der Waals surface area contributed by atoms with E-state index in [9.17, 15) is 24.3 Å². The lowest BCUT2D eigenvalue weighted by atomic mass is 9.97. The number of carbonyl (C=O) groups is 3. The van der Waals surface area contributed by atoms with Gasteiger partial charge < -0.3 is 19.1 Å². The first-order chi connectivity index (χ1) is 17.0. The van der Waals surface area contributed by atoms with E-state index in [1.165, 1.54) is 12.3 Å². The molecule has 188 valence electrons. The highest BCUT2D eigenvalue weighted by atomic mass is 16.5. The molecule has 36 heavy (non-hydrogen) atoms. The Morgan fingerprint density at radius 2 is 1.64 bits per heavy atom. The van der Waals surface area contributed by atoms with E-state index in [0.717, 1.165) is 15.7 Å². The van der Waals surface area contributed by atoms with Crippen molar-refractivity contribution in [1.82, 2.24) is 4.57 Å². The normalized spacial score (nSPS) is 11.0. The maximum Gasteiger partial charge on any atom is 0.412 e. The first kappa shape index (κ1) is 26.2. The molecule has 1 amide bonds. The van der Waals surface area contributed by atoms with Gasteiger partial charge in [0.2, 0.25) is 0 Å². The number of aromatic nitrogens is 1. The fraction of sp³-hybridized carbons (Fsp3) is 0.259. The molecule has 0 aliphatic heterocycles. The summed E-state index contributed by atoms with van der Waals surface area (Å²) in [5.74, 6) is -1.22. The highest BCUT2D eigenvalue weighted by molar-refractivity contribution is 5.84. The SMILES string of the molecule is CC(C)(C)C(=O)Oc1cccc(Cc2cc(NC(=O)OCc3ccccc3)c(=O)n(CC(=O)O)c2)c1.